The van der Waals surface area contributed by atoms with Gasteiger partial charge in [0, 0.05) is 6.20 Å². The molecule has 0 atom stereocenters. The van der Waals surface area contributed by atoms with Gasteiger partial charge >= 0.3 is 29.6 Å². The molecule has 2 aromatic heterocycles. The maximum Gasteiger partial charge on any atom is 1.00 e. The van der Waals surface area contributed by atoms with E-state index < -0.39 is 5.41 Å². The van der Waals surface area contributed by atoms with Crippen LogP contribution >= 0.6 is 0 Å². The summed E-state index contributed by atoms with van der Waals surface area (Å²) in [6.07, 6.45) is 5.44. The normalized spacial score (nSPS) is 10.4. The molecule has 7 heteroatoms. The van der Waals surface area contributed by atoms with Crippen LogP contribution in [0, 0.1) is 0 Å². The van der Waals surface area contributed by atoms with E-state index in [0.717, 1.165) is 22.5 Å². The van der Waals surface area contributed by atoms with E-state index in [1.54, 1.807) is 12.4 Å². The Bertz CT molecular complexity index is 818. The van der Waals surface area contributed by atoms with Gasteiger partial charge < -0.3 is 15.0 Å². The molecule has 0 saturated carbocycles. The molecule has 6 nitrogen and oxygen atoms in total. The van der Waals surface area contributed by atoms with E-state index in [4.69, 9.17) is 4.74 Å². The van der Waals surface area contributed by atoms with Crippen LogP contribution in [-0.2, 0) is 16.8 Å². The molecule has 0 bridgehead atoms. The van der Waals surface area contributed by atoms with Crippen molar-refractivity contribution in [2.24, 2.45) is 0 Å². The summed E-state index contributed by atoms with van der Waals surface area (Å²) in [4.78, 5) is 15.4. The first-order valence-electron chi connectivity index (χ1n) is 7.66. The number of carbonyl (C=O) groups excluding carboxylic acids is 1. The van der Waals surface area contributed by atoms with Crippen molar-refractivity contribution in [2.45, 2.75) is 25.9 Å². The summed E-state index contributed by atoms with van der Waals surface area (Å²) in [7, 11) is 0. The van der Waals surface area contributed by atoms with Gasteiger partial charge in [0.1, 0.15) is 12.4 Å². The molecule has 1 aromatic carbocycles. The van der Waals surface area contributed by atoms with E-state index >= 15 is 0 Å². The summed E-state index contributed by atoms with van der Waals surface area (Å²) in [5.41, 5.74) is 2.97. The summed E-state index contributed by atoms with van der Waals surface area (Å²) >= 11 is 0. The quantitative estimate of drug-likeness (QED) is 0.502. The van der Waals surface area contributed by atoms with Crippen LogP contribution in [0.25, 0.3) is 11.4 Å². The minimum atomic E-state index is -0.622. The Hall–Kier alpha value is -1.99. The number of aromatic nitrogens is 3. The first-order chi connectivity index (χ1) is 11.6. The fraction of sp³-hybridized carbons (Fsp3) is 0.211. The van der Waals surface area contributed by atoms with Crippen LogP contribution < -0.4 is 34.3 Å². The number of H-pyrrole nitrogens is 1. The molecule has 3 aromatic rings. The Balaban J connectivity index is 0.00000169. The molecule has 2 N–H and O–H groups in total. The molecule has 0 aliphatic rings. The van der Waals surface area contributed by atoms with Crippen LogP contribution in [0.2, 0.25) is 0 Å². The number of nitrogens with zero attached hydrogens (tertiary/aromatic N) is 2. The van der Waals surface area contributed by atoms with Crippen molar-refractivity contribution in [3.05, 3.63) is 66.0 Å². The van der Waals surface area contributed by atoms with Crippen molar-refractivity contribution in [1.82, 2.24) is 15.2 Å². The molecule has 0 amide bonds. The third kappa shape index (κ3) is 5.25. The van der Waals surface area contributed by atoms with Gasteiger partial charge in [-0.2, -0.15) is 5.10 Å². The predicted molar refractivity (Wildman–Crippen MR) is 93.2 cm³/mol. The fourth-order valence-corrected chi connectivity index (χ4v) is 2.30. The van der Waals surface area contributed by atoms with Gasteiger partial charge in [0.2, 0.25) is 0 Å². The van der Waals surface area contributed by atoms with Crippen molar-refractivity contribution in [2.75, 3.05) is 0 Å². The zero-order valence-corrected chi connectivity index (χ0v) is 17.1. The summed E-state index contributed by atoms with van der Waals surface area (Å²) < 4.78 is 5.78. The first-order valence-corrected chi connectivity index (χ1v) is 7.66. The zero-order valence-electron chi connectivity index (χ0n) is 15.1. The Morgan fingerprint density at radius 2 is 2.00 bits per heavy atom. The average molecular weight is 360 g/mol. The van der Waals surface area contributed by atoms with E-state index in [1.165, 1.54) is 0 Å². The molecule has 130 valence electrons. The third-order valence-electron chi connectivity index (χ3n) is 3.82. The molecular formula is C19H19N3NaO3-. The van der Waals surface area contributed by atoms with Gasteiger partial charge in [0.05, 0.1) is 17.6 Å². The second kappa shape index (κ2) is 9.64. The number of benzene rings is 1. The maximum absolute atomic E-state index is 11.1. The standard InChI is InChI=1S/C19H18N3O2.Na.H2O/c1-19(2,13-23)15-5-3-4-14(10-15)12-24-16-6-7-17(20-11-16)18-8-9-21-22-18;;/h3-11H,12H2,1-2H3,(H,21,22);;1H2/q-1;+1;/p-1. The SMILES string of the molecule is CC(C)([C-]=O)c1cccc(COc2ccc(-c3ccn[nH]3)nc2)c1.[Na+].[OH-]. The molecule has 0 unspecified atom stereocenters. The van der Waals surface area contributed by atoms with Crippen molar-refractivity contribution in [3.8, 4) is 17.1 Å². The van der Waals surface area contributed by atoms with E-state index in [9.17, 15) is 4.79 Å². The minimum absolute atomic E-state index is 0. The Morgan fingerprint density at radius 3 is 2.62 bits per heavy atom. The van der Waals surface area contributed by atoms with Crippen molar-refractivity contribution < 1.29 is 44.6 Å². The third-order valence-corrected chi connectivity index (χ3v) is 3.82. The predicted octanol–water partition coefficient (Wildman–Crippen LogP) is 0.265. The number of nitrogens with one attached hydrogen (secondary N) is 1. The van der Waals surface area contributed by atoms with Crippen molar-refractivity contribution in [1.29, 1.82) is 0 Å². The molecule has 0 aliphatic carbocycles. The van der Waals surface area contributed by atoms with E-state index in [0.29, 0.717) is 12.4 Å². The average Bonchev–Trinajstić information content (AvgIpc) is 3.15. The van der Waals surface area contributed by atoms with Gasteiger partial charge in [-0.25, -0.2) is 0 Å². The number of hydrogen-bond acceptors (Lipinski definition) is 5. The van der Waals surface area contributed by atoms with Crippen LogP contribution in [0.15, 0.2) is 54.9 Å². The monoisotopic (exact) mass is 360 g/mol. The second-order valence-electron chi connectivity index (χ2n) is 6.07. The Kier molecular flexibility index (Phi) is 8.17. The molecule has 3 rings (SSSR count). The van der Waals surface area contributed by atoms with Crippen molar-refractivity contribution in [3.63, 3.8) is 0 Å². The summed E-state index contributed by atoms with van der Waals surface area (Å²) in [5, 5.41) is 6.78. The molecule has 26 heavy (non-hydrogen) atoms. The molecule has 0 spiro atoms. The molecule has 2 heterocycles. The maximum atomic E-state index is 11.1. The van der Waals surface area contributed by atoms with Gasteiger partial charge in [-0.05, 0) is 23.8 Å². The van der Waals surface area contributed by atoms with E-state index in [1.807, 2.05) is 56.3 Å². The van der Waals surface area contributed by atoms with Crippen LogP contribution in [0.3, 0.4) is 0 Å². The van der Waals surface area contributed by atoms with Gasteiger partial charge in [0.15, 0.2) is 0 Å². The number of rotatable bonds is 6. The largest absolute Gasteiger partial charge is 1.00 e. The van der Waals surface area contributed by atoms with Crippen LogP contribution in [-0.4, -0.2) is 26.9 Å². The van der Waals surface area contributed by atoms with Gasteiger partial charge in [-0.3, -0.25) is 16.4 Å². The summed E-state index contributed by atoms with van der Waals surface area (Å²) in [6, 6.07) is 13.4. The Morgan fingerprint density at radius 1 is 1.19 bits per heavy atom. The second-order valence-corrected chi connectivity index (χ2v) is 6.07. The molecule has 0 radical (unpaired) electrons. The van der Waals surface area contributed by atoms with Crippen LogP contribution in [0.4, 0.5) is 0 Å². The zero-order chi connectivity index (χ0) is 17.0. The molecular weight excluding hydrogens is 341 g/mol. The molecule has 0 fully saturated rings. The van der Waals surface area contributed by atoms with E-state index in [-0.39, 0.29) is 35.0 Å². The Labute approximate surface area is 174 Å². The van der Waals surface area contributed by atoms with Gasteiger partial charge in [-0.15, -0.1) is 5.41 Å². The van der Waals surface area contributed by atoms with Crippen LogP contribution in [0.5, 0.6) is 5.75 Å². The summed E-state index contributed by atoms with van der Waals surface area (Å²) in [5.74, 6) is 0.685. The minimum Gasteiger partial charge on any atom is -0.870 e. The molecule has 0 aliphatic heterocycles. The first kappa shape index (κ1) is 22.1. The van der Waals surface area contributed by atoms with E-state index in [2.05, 4.69) is 21.5 Å². The number of aromatic amines is 1. The molecule has 0 saturated heterocycles. The van der Waals surface area contributed by atoms with Crippen molar-refractivity contribution >= 4 is 6.29 Å². The summed E-state index contributed by atoms with van der Waals surface area (Å²) in [6.45, 7) is 4.10. The number of pyridine rings is 1. The number of ether oxygens (including phenoxy) is 1. The van der Waals surface area contributed by atoms with Gasteiger partial charge in [0.25, 0.3) is 0 Å². The number of hydrogen-bond donors (Lipinski definition) is 1. The smallest absolute Gasteiger partial charge is 0.870 e. The topological polar surface area (TPSA) is 97.9 Å². The van der Waals surface area contributed by atoms with Crippen LogP contribution in [0.1, 0.15) is 25.0 Å². The van der Waals surface area contributed by atoms with Gasteiger partial charge in [-0.1, -0.05) is 43.7 Å². The fourth-order valence-electron chi connectivity index (χ4n) is 2.30.